The fraction of sp³-hybridized carbons (Fsp3) is 0.542. The second-order valence-electron chi connectivity index (χ2n) is 8.48. The Kier molecular flexibility index (Phi) is 10.0. The first-order chi connectivity index (χ1) is 17.8. The minimum atomic E-state index is -3.87. The highest BCUT2D eigenvalue weighted by atomic mass is 19.3. The molecule has 1 aliphatic rings. The van der Waals surface area contributed by atoms with Crippen molar-refractivity contribution >= 4 is 17.9 Å². The number of aliphatic hydroxyl groups is 1. The van der Waals surface area contributed by atoms with E-state index in [2.05, 4.69) is 22.2 Å². The second-order valence-corrected chi connectivity index (χ2v) is 8.48. The monoisotopic (exact) mass is 524 g/mol. The Morgan fingerprint density at radius 1 is 1.27 bits per heavy atom. The van der Waals surface area contributed by atoms with E-state index in [1.807, 2.05) is 0 Å². The number of halogens is 2. The van der Waals surface area contributed by atoms with Gasteiger partial charge in [0.15, 0.2) is 6.10 Å². The number of amides is 1. The summed E-state index contributed by atoms with van der Waals surface area (Å²) >= 11 is 0. The third kappa shape index (κ3) is 7.52. The number of nitrogens with zero attached hydrogens (tertiary/aromatic N) is 3. The number of ether oxygens (including phenoxy) is 3. The largest absolute Gasteiger partial charge is 0.453 e. The van der Waals surface area contributed by atoms with E-state index in [1.165, 1.54) is 0 Å². The van der Waals surface area contributed by atoms with Crippen molar-refractivity contribution < 1.29 is 37.7 Å². The number of aliphatic hydroxyl groups excluding tert-OH is 1. The number of hydrogen-bond donors (Lipinski definition) is 2. The molecule has 3 heterocycles. The van der Waals surface area contributed by atoms with E-state index in [0.29, 0.717) is 11.0 Å². The first-order valence-electron chi connectivity index (χ1n) is 12.0. The third-order valence-corrected chi connectivity index (χ3v) is 5.67. The molecule has 1 amide bonds. The standard InChI is InChI=1S/C24H30F2N4O7/c1-2-3-4-5-13-35-23(34)29-18-10-12-30(22(33)28-18)21-24(25,26)20(17(15-31)36-21)37-19(32)9-8-16-7-6-11-27-14-16/h6-7,10-12,14,17,20-21,31H,2-5,8-9,13,15H2,1H3,(H,28,29,33,34)/t17?,20-,21-/m1/s1. The molecule has 0 radical (unpaired) electrons. The summed E-state index contributed by atoms with van der Waals surface area (Å²) in [5, 5.41) is 11.8. The Balaban J connectivity index is 1.62. The van der Waals surface area contributed by atoms with Gasteiger partial charge in [-0.15, -0.1) is 0 Å². The Morgan fingerprint density at radius 3 is 2.76 bits per heavy atom. The van der Waals surface area contributed by atoms with Crippen molar-refractivity contribution in [2.24, 2.45) is 0 Å². The van der Waals surface area contributed by atoms with Crippen LogP contribution in [-0.2, 0) is 25.4 Å². The van der Waals surface area contributed by atoms with Crippen molar-refractivity contribution in [2.45, 2.75) is 69.8 Å². The first-order valence-corrected chi connectivity index (χ1v) is 12.0. The predicted molar refractivity (Wildman–Crippen MR) is 126 cm³/mol. The Labute approximate surface area is 211 Å². The summed E-state index contributed by atoms with van der Waals surface area (Å²) in [5.41, 5.74) is -0.428. The van der Waals surface area contributed by atoms with Crippen LogP contribution in [-0.4, -0.2) is 63.0 Å². The third-order valence-electron chi connectivity index (χ3n) is 5.67. The predicted octanol–water partition coefficient (Wildman–Crippen LogP) is 2.84. The van der Waals surface area contributed by atoms with Crippen molar-refractivity contribution in [3.05, 3.63) is 52.8 Å². The molecular formula is C24H30F2N4O7. The first kappa shape index (κ1) is 28.1. The van der Waals surface area contributed by atoms with E-state index in [-0.39, 0.29) is 25.3 Å². The molecule has 0 bridgehead atoms. The maximum Gasteiger partial charge on any atom is 0.412 e. The van der Waals surface area contributed by atoms with Gasteiger partial charge in [0, 0.05) is 25.0 Å². The van der Waals surface area contributed by atoms with Crippen LogP contribution in [0.3, 0.4) is 0 Å². The molecule has 3 atom stereocenters. The number of pyridine rings is 1. The highest BCUT2D eigenvalue weighted by molar-refractivity contribution is 5.83. The summed E-state index contributed by atoms with van der Waals surface area (Å²) < 4.78 is 46.2. The molecule has 1 unspecified atom stereocenters. The molecule has 11 nitrogen and oxygen atoms in total. The Morgan fingerprint density at radius 2 is 2.08 bits per heavy atom. The van der Waals surface area contributed by atoms with Crippen LogP contribution in [0.1, 0.15) is 50.8 Å². The molecule has 37 heavy (non-hydrogen) atoms. The number of carbonyl (C=O) groups is 2. The fourth-order valence-corrected chi connectivity index (χ4v) is 3.75. The van der Waals surface area contributed by atoms with Crippen LogP contribution < -0.4 is 11.0 Å². The van der Waals surface area contributed by atoms with Gasteiger partial charge in [0.1, 0.15) is 11.9 Å². The number of aryl methyl sites for hydroxylation is 1. The lowest BCUT2D eigenvalue weighted by molar-refractivity contribution is -0.176. The van der Waals surface area contributed by atoms with E-state index in [0.717, 1.165) is 37.1 Å². The van der Waals surface area contributed by atoms with Crippen LogP contribution in [0.2, 0.25) is 0 Å². The van der Waals surface area contributed by atoms with Gasteiger partial charge in [-0.05, 0) is 30.5 Å². The number of anilines is 1. The van der Waals surface area contributed by atoms with Gasteiger partial charge < -0.3 is 19.3 Å². The maximum absolute atomic E-state index is 15.2. The lowest BCUT2D eigenvalue weighted by Gasteiger charge is -2.24. The van der Waals surface area contributed by atoms with E-state index in [4.69, 9.17) is 14.2 Å². The molecule has 0 spiro atoms. The van der Waals surface area contributed by atoms with Gasteiger partial charge in [-0.3, -0.25) is 19.7 Å². The SMILES string of the molecule is CCCCCCOC(=O)Nc1ccn([C@@H]2OC(CO)[C@@H](OC(=O)CCc3cccnc3)C2(F)F)c(=O)n1. The minimum Gasteiger partial charge on any atom is -0.453 e. The van der Waals surface area contributed by atoms with E-state index < -0.39 is 48.7 Å². The van der Waals surface area contributed by atoms with E-state index >= 15 is 8.78 Å². The normalized spacial score (nSPS) is 20.4. The quantitative estimate of drug-likeness (QED) is 0.317. The van der Waals surface area contributed by atoms with Crippen LogP contribution in [0.25, 0.3) is 0 Å². The molecule has 0 aliphatic carbocycles. The van der Waals surface area contributed by atoms with Crippen molar-refractivity contribution in [2.75, 3.05) is 18.5 Å². The number of alkyl halides is 2. The summed E-state index contributed by atoms with van der Waals surface area (Å²) in [6.45, 7) is 1.37. The highest BCUT2D eigenvalue weighted by Gasteiger charge is 2.62. The molecule has 1 saturated heterocycles. The molecule has 1 fully saturated rings. The minimum absolute atomic E-state index is 0.190. The Hall–Kier alpha value is -3.45. The summed E-state index contributed by atoms with van der Waals surface area (Å²) in [4.78, 5) is 44.1. The molecule has 202 valence electrons. The molecule has 2 aromatic heterocycles. The van der Waals surface area contributed by atoms with Crippen molar-refractivity contribution in [1.82, 2.24) is 14.5 Å². The molecule has 2 N–H and O–H groups in total. The smallest absolute Gasteiger partial charge is 0.412 e. The van der Waals surface area contributed by atoms with Gasteiger partial charge in [0.25, 0.3) is 0 Å². The van der Waals surface area contributed by atoms with Crippen LogP contribution in [0.5, 0.6) is 0 Å². The van der Waals surface area contributed by atoms with Crippen molar-refractivity contribution in [1.29, 1.82) is 0 Å². The fourth-order valence-electron chi connectivity index (χ4n) is 3.75. The zero-order chi connectivity index (χ0) is 26.8. The average molecular weight is 525 g/mol. The zero-order valence-electron chi connectivity index (χ0n) is 20.3. The molecule has 2 aromatic rings. The van der Waals surface area contributed by atoms with Crippen molar-refractivity contribution in [3.63, 3.8) is 0 Å². The Bertz CT molecular complexity index is 1100. The molecule has 13 heteroatoms. The topological polar surface area (TPSA) is 142 Å². The summed E-state index contributed by atoms with van der Waals surface area (Å²) in [5.74, 6) is -4.98. The van der Waals surface area contributed by atoms with Gasteiger partial charge in [-0.25, -0.2) is 9.59 Å². The van der Waals surface area contributed by atoms with Gasteiger partial charge in [-0.1, -0.05) is 32.3 Å². The van der Waals surface area contributed by atoms with E-state index in [9.17, 15) is 19.5 Å². The second kappa shape index (κ2) is 13.2. The lowest BCUT2D eigenvalue weighted by Crippen LogP contribution is -2.44. The van der Waals surface area contributed by atoms with Gasteiger partial charge >= 0.3 is 23.7 Å². The lowest BCUT2D eigenvalue weighted by atomic mass is 10.1. The van der Waals surface area contributed by atoms with Crippen LogP contribution in [0.4, 0.5) is 19.4 Å². The van der Waals surface area contributed by atoms with Crippen LogP contribution >= 0.6 is 0 Å². The molecule has 1 aliphatic heterocycles. The molecule has 0 aromatic carbocycles. The van der Waals surface area contributed by atoms with Crippen molar-refractivity contribution in [3.8, 4) is 0 Å². The van der Waals surface area contributed by atoms with Gasteiger partial charge in [0.2, 0.25) is 6.23 Å². The van der Waals surface area contributed by atoms with Gasteiger partial charge in [0.05, 0.1) is 13.2 Å². The summed E-state index contributed by atoms with van der Waals surface area (Å²) in [7, 11) is 0. The number of unbranched alkanes of at least 4 members (excludes halogenated alkanes) is 3. The number of rotatable bonds is 12. The van der Waals surface area contributed by atoms with Crippen LogP contribution in [0, 0.1) is 0 Å². The number of nitrogens with one attached hydrogen (secondary N) is 1. The summed E-state index contributed by atoms with van der Waals surface area (Å²) in [6, 6.07) is 4.53. The average Bonchev–Trinajstić information content (AvgIpc) is 3.12. The van der Waals surface area contributed by atoms with Gasteiger partial charge in [-0.2, -0.15) is 13.8 Å². The molecule has 3 rings (SSSR count). The zero-order valence-corrected chi connectivity index (χ0v) is 20.3. The number of carbonyl (C=O) groups excluding carboxylic acids is 2. The van der Waals surface area contributed by atoms with E-state index in [1.54, 1.807) is 24.5 Å². The number of hydrogen-bond acceptors (Lipinski definition) is 9. The van der Waals surface area contributed by atoms with Crippen LogP contribution in [0.15, 0.2) is 41.6 Å². The highest BCUT2D eigenvalue weighted by Crippen LogP contribution is 2.44. The summed E-state index contributed by atoms with van der Waals surface area (Å²) in [6.07, 6.45) is 0.999. The molecule has 0 saturated carbocycles. The molecular weight excluding hydrogens is 494 g/mol. The maximum atomic E-state index is 15.2. The number of esters is 1. The number of aromatic nitrogens is 3.